The van der Waals surface area contributed by atoms with Crippen LogP contribution >= 0.6 is 0 Å². The van der Waals surface area contributed by atoms with Crippen molar-refractivity contribution in [3.63, 3.8) is 0 Å². The van der Waals surface area contributed by atoms with Gasteiger partial charge in [-0.2, -0.15) is 0 Å². The highest BCUT2D eigenvalue weighted by Crippen LogP contribution is 2.13. The molecule has 0 atom stereocenters. The lowest BCUT2D eigenvalue weighted by Crippen LogP contribution is -2.44. The van der Waals surface area contributed by atoms with Gasteiger partial charge in [0.05, 0.1) is 19.3 Å². The summed E-state index contributed by atoms with van der Waals surface area (Å²) in [6.07, 6.45) is 2.00. The molecule has 0 unspecified atom stereocenters. The van der Waals surface area contributed by atoms with Crippen LogP contribution in [0.2, 0.25) is 0 Å². The number of likely N-dealkylation sites (tertiary alicyclic amines) is 1. The number of piperidine rings is 1. The molecule has 2 aliphatic heterocycles. The Bertz CT molecular complexity index is 274. The number of carboxylic acids is 1. The van der Waals surface area contributed by atoms with Crippen molar-refractivity contribution >= 4 is 5.97 Å². The van der Waals surface area contributed by atoms with Crippen molar-refractivity contribution in [2.45, 2.75) is 18.9 Å². The van der Waals surface area contributed by atoms with Crippen LogP contribution in [0, 0.1) is 0 Å². The van der Waals surface area contributed by atoms with Crippen molar-refractivity contribution in [1.82, 2.24) is 9.80 Å². The van der Waals surface area contributed by atoms with Gasteiger partial charge in [0.25, 0.3) is 0 Å². The predicted molar refractivity (Wildman–Crippen MR) is 70.3 cm³/mol. The number of morpholine rings is 1. The van der Waals surface area contributed by atoms with E-state index in [0.717, 1.165) is 65.3 Å². The molecule has 0 aromatic rings. The number of carbonyl (C=O) groups is 1. The topological polar surface area (TPSA) is 62.2 Å². The van der Waals surface area contributed by atoms with Crippen molar-refractivity contribution in [2.24, 2.45) is 0 Å². The van der Waals surface area contributed by atoms with Gasteiger partial charge in [-0.1, -0.05) is 0 Å². The molecule has 6 nitrogen and oxygen atoms in total. The van der Waals surface area contributed by atoms with E-state index in [0.29, 0.717) is 0 Å². The van der Waals surface area contributed by atoms with Crippen LogP contribution < -0.4 is 0 Å². The lowest BCUT2D eigenvalue weighted by molar-refractivity contribution is -0.145. The number of nitrogens with zero attached hydrogens (tertiary/aromatic N) is 2. The minimum Gasteiger partial charge on any atom is -0.480 e. The lowest BCUT2D eigenvalue weighted by Gasteiger charge is -2.34. The molecule has 19 heavy (non-hydrogen) atoms. The van der Waals surface area contributed by atoms with E-state index in [9.17, 15) is 4.79 Å². The van der Waals surface area contributed by atoms with Crippen molar-refractivity contribution in [3.05, 3.63) is 0 Å². The molecule has 6 heteroatoms. The zero-order valence-corrected chi connectivity index (χ0v) is 11.4. The van der Waals surface area contributed by atoms with Crippen molar-refractivity contribution in [1.29, 1.82) is 0 Å². The number of ether oxygens (including phenoxy) is 2. The van der Waals surface area contributed by atoms with E-state index >= 15 is 0 Å². The van der Waals surface area contributed by atoms with Gasteiger partial charge in [0.15, 0.2) is 0 Å². The summed E-state index contributed by atoms with van der Waals surface area (Å²) in [5.41, 5.74) is 0. The molecular weight excluding hydrogens is 248 g/mol. The quantitative estimate of drug-likeness (QED) is 0.727. The zero-order valence-electron chi connectivity index (χ0n) is 11.4. The van der Waals surface area contributed by atoms with Crippen molar-refractivity contribution < 1.29 is 19.4 Å². The number of aliphatic carboxylic acids is 1. The van der Waals surface area contributed by atoms with Gasteiger partial charge in [0, 0.05) is 39.3 Å². The molecule has 2 saturated heterocycles. The molecule has 0 saturated carbocycles. The van der Waals surface area contributed by atoms with Crippen LogP contribution in [0.4, 0.5) is 0 Å². The molecule has 2 fully saturated rings. The second-order valence-corrected chi connectivity index (χ2v) is 5.20. The monoisotopic (exact) mass is 272 g/mol. The summed E-state index contributed by atoms with van der Waals surface area (Å²) in [7, 11) is 0. The molecule has 2 rings (SSSR count). The highest BCUT2D eigenvalue weighted by atomic mass is 16.5. The highest BCUT2D eigenvalue weighted by Gasteiger charge is 2.21. The van der Waals surface area contributed by atoms with Crippen molar-refractivity contribution in [3.8, 4) is 0 Å². The third kappa shape index (κ3) is 5.44. The third-order valence-electron chi connectivity index (χ3n) is 3.81. The largest absolute Gasteiger partial charge is 0.480 e. The maximum atomic E-state index is 10.4. The summed E-state index contributed by atoms with van der Waals surface area (Å²) in [6, 6.07) is 0. The highest BCUT2D eigenvalue weighted by molar-refractivity contribution is 5.68. The van der Waals surface area contributed by atoms with Gasteiger partial charge in [-0.3, -0.25) is 4.90 Å². The predicted octanol–water partition coefficient (Wildman–Crippen LogP) is -0.116. The Kier molecular flexibility index (Phi) is 6.03. The first-order chi connectivity index (χ1) is 9.24. The first-order valence-electron chi connectivity index (χ1n) is 7.10. The Morgan fingerprint density at radius 2 is 1.68 bits per heavy atom. The Labute approximate surface area is 114 Å². The number of hydrogen-bond acceptors (Lipinski definition) is 5. The first kappa shape index (κ1) is 14.7. The van der Waals surface area contributed by atoms with Crippen LogP contribution in [-0.2, 0) is 14.3 Å². The number of carboxylic acid groups (broad SMARTS) is 1. The number of hydrogen-bond donors (Lipinski definition) is 1. The average Bonchev–Trinajstić information content (AvgIpc) is 2.45. The molecule has 2 aliphatic rings. The molecule has 110 valence electrons. The summed E-state index contributed by atoms with van der Waals surface area (Å²) in [4.78, 5) is 15.3. The molecule has 0 aliphatic carbocycles. The van der Waals surface area contributed by atoms with E-state index in [-0.39, 0.29) is 12.7 Å². The fraction of sp³-hybridized carbons (Fsp3) is 0.923. The SMILES string of the molecule is O=C(O)COC1CCN(CCN2CCOCC2)CC1. The third-order valence-corrected chi connectivity index (χ3v) is 3.81. The van der Waals surface area contributed by atoms with Gasteiger partial charge in [0.1, 0.15) is 6.61 Å². The van der Waals surface area contributed by atoms with Crippen LogP contribution in [0.3, 0.4) is 0 Å². The minimum atomic E-state index is -0.880. The lowest BCUT2D eigenvalue weighted by atomic mass is 10.1. The van der Waals surface area contributed by atoms with E-state index in [1.54, 1.807) is 0 Å². The Balaban J connectivity index is 1.56. The van der Waals surface area contributed by atoms with Gasteiger partial charge in [-0.25, -0.2) is 4.79 Å². The molecule has 0 aromatic carbocycles. The average molecular weight is 272 g/mol. The molecule has 2 heterocycles. The van der Waals surface area contributed by atoms with Crippen molar-refractivity contribution in [2.75, 3.05) is 59.1 Å². The molecule has 0 spiro atoms. The van der Waals surface area contributed by atoms with E-state index in [4.69, 9.17) is 14.6 Å². The van der Waals surface area contributed by atoms with Crippen LogP contribution in [0.5, 0.6) is 0 Å². The van der Waals surface area contributed by atoms with Gasteiger partial charge < -0.3 is 19.5 Å². The smallest absolute Gasteiger partial charge is 0.329 e. The van der Waals surface area contributed by atoms with E-state index in [2.05, 4.69) is 9.80 Å². The summed E-state index contributed by atoms with van der Waals surface area (Å²) < 4.78 is 10.7. The molecule has 0 amide bonds. The van der Waals surface area contributed by atoms with E-state index in [1.807, 2.05) is 0 Å². The molecule has 1 N–H and O–H groups in total. The second kappa shape index (κ2) is 7.79. The van der Waals surface area contributed by atoms with Crippen LogP contribution in [0.25, 0.3) is 0 Å². The maximum absolute atomic E-state index is 10.4. The Hall–Kier alpha value is -0.690. The van der Waals surface area contributed by atoms with E-state index < -0.39 is 5.97 Å². The first-order valence-corrected chi connectivity index (χ1v) is 7.10. The molecule has 0 bridgehead atoms. The molecular formula is C13H24N2O4. The number of rotatable bonds is 6. The fourth-order valence-electron chi connectivity index (χ4n) is 2.60. The molecule has 0 aromatic heterocycles. The van der Waals surface area contributed by atoms with Gasteiger partial charge in [-0.05, 0) is 12.8 Å². The summed E-state index contributed by atoms with van der Waals surface area (Å²) >= 11 is 0. The fourth-order valence-corrected chi connectivity index (χ4v) is 2.60. The second-order valence-electron chi connectivity index (χ2n) is 5.20. The summed E-state index contributed by atoms with van der Waals surface area (Å²) in [6.45, 7) is 7.82. The summed E-state index contributed by atoms with van der Waals surface area (Å²) in [5, 5.41) is 8.57. The van der Waals surface area contributed by atoms with Crippen LogP contribution in [-0.4, -0.2) is 86.1 Å². The van der Waals surface area contributed by atoms with Gasteiger partial charge in [-0.15, -0.1) is 0 Å². The Morgan fingerprint density at radius 3 is 2.26 bits per heavy atom. The maximum Gasteiger partial charge on any atom is 0.329 e. The van der Waals surface area contributed by atoms with Gasteiger partial charge >= 0.3 is 5.97 Å². The molecule has 0 radical (unpaired) electrons. The summed E-state index contributed by atoms with van der Waals surface area (Å²) in [5.74, 6) is -0.880. The normalized spacial score (nSPS) is 23.6. The minimum absolute atomic E-state index is 0.121. The van der Waals surface area contributed by atoms with Crippen LogP contribution in [0.15, 0.2) is 0 Å². The van der Waals surface area contributed by atoms with E-state index in [1.165, 1.54) is 0 Å². The standard InChI is InChI=1S/C13H24N2O4/c16-13(17)11-19-12-1-3-14(4-2-12)5-6-15-7-9-18-10-8-15/h12H,1-11H2,(H,16,17). The Morgan fingerprint density at radius 1 is 1.11 bits per heavy atom. The van der Waals surface area contributed by atoms with Crippen LogP contribution in [0.1, 0.15) is 12.8 Å². The zero-order chi connectivity index (χ0) is 13.5. The van der Waals surface area contributed by atoms with Gasteiger partial charge in [0.2, 0.25) is 0 Å².